The van der Waals surface area contributed by atoms with Gasteiger partial charge in [-0.25, -0.2) is 29.0 Å². The second-order valence-electron chi connectivity index (χ2n) is 11.7. The van der Waals surface area contributed by atoms with Gasteiger partial charge in [0.1, 0.15) is 34.3 Å². The van der Waals surface area contributed by atoms with Crippen LogP contribution in [-0.4, -0.2) is 40.9 Å². The molecule has 4 aromatic heterocycles. The number of hydrogen-bond acceptors (Lipinski definition) is 11. The minimum atomic E-state index is -3.79. The summed E-state index contributed by atoms with van der Waals surface area (Å²) in [6.07, 6.45) is 3.09. The van der Waals surface area contributed by atoms with Crippen LogP contribution in [0.25, 0.3) is 21.9 Å². The van der Waals surface area contributed by atoms with Gasteiger partial charge in [-0.15, -0.1) is 0 Å². The molecule has 2 aromatic carbocycles. The van der Waals surface area contributed by atoms with Gasteiger partial charge < -0.3 is 13.6 Å². The lowest BCUT2D eigenvalue weighted by atomic mass is 10.00. The average Bonchev–Trinajstić information content (AvgIpc) is 3.10. The van der Waals surface area contributed by atoms with Crippen molar-refractivity contribution in [3.8, 4) is 11.5 Å². The van der Waals surface area contributed by atoms with E-state index >= 15 is 0 Å². The molecule has 4 heterocycles. The zero-order valence-corrected chi connectivity index (χ0v) is 31.5. The van der Waals surface area contributed by atoms with Gasteiger partial charge in [-0.05, 0) is 72.5 Å². The van der Waals surface area contributed by atoms with Crippen LogP contribution in [0.2, 0.25) is 10.0 Å². The maximum Gasteiger partial charge on any atom is 0.340 e. The van der Waals surface area contributed by atoms with Crippen molar-refractivity contribution in [2.75, 3.05) is 23.5 Å². The highest BCUT2D eigenvalue weighted by atomic mass is 35.5. The molecule has 15 nitrogen and oxygen atoms in total. The van der Waals surface area contributed by atoms with Crippen LogP contribution >= 0.6 is 23.2 Å². The van der Waals surface area contributed by atoms with Gasteiger partial charge in [0, 0.05) is 73.4 Å². The van der Waals surface area contributed by atoms with Crippen molar-refractivity contribution in [2.24, 2.45) is 0 Å². The molecule has 6 rings (SSSR count). The van der Waals surface area contributed by atoms with Crippen LogP contribution in [-0.2, 0) is 33.3 Å². The number of pyridine rings is 2. The fraction of sp³-hybridized carbons (Fsp3) is 0.176. The Morgan fingerprint density at radius 2 is 1.06 bits per heavy atom. The third-order valence-electron chi connectivity index (χ3n) is 8.33. The van der Waals surface area contributed by atoms with Crippen LogP contribution in [0, 0.1) is 13.8 Å². The topological polar surface area (TPSA) is 212 Å². The van der Waals surface area contributed by atoms with Crippen LogP contribution < -0.4 is 34.9 Å². The Kier molecular flexibility index (Phi) is 10.5. The lowest BCUT2D eigenvalue weighted by Crippen LogP contribution is -2.26. The molecule has 0 radical (unpaired) electrons. The molecule has 19 heteroatoms. The Hall–Kier alpha value is -5.04. The quantitative estimate of drug-likeness (QED) is 0.116. The number of fused-ring (bicyclic) bond motifs is 2. The first-order chi connectivity index (χ1) is 25.1. The first-order valence-corrected chi connectivity index (χ1v) is 19.3. The minimum absolute atomic E-state index is 0.0741. The molecule has 0 unspecified atom stereocenters. The number of nitrogens with one attached hydrogen (secondary N) is 4. The number of benzene rings is 2. The number of aromatic nitrogens is 2. The fourth-order valence-corrected chi connectivity index (χ4v) is 6.91. The summed E-state index contributed by atoms with van der Waals surface area (Å²) >= 11 is 13.3. The van der Waals surface area contributed by atoms with Gasteiger partial charge in [0.15, 0.2) is 0 Å². The van der Waals surface area contributed by atoms with E-state index in [2.05, 4.69) is 28.9 Å². The molecule has 276 valence electrons. The number of aryl methyl sites for hydroxylation is 2. The van der Waals surface area contributed by atoms with Crippen molar-refractivity contribution in [2.45, 2.75) is 26.7 Å². The van der Waals surface area contributed by atoms with Gasteiger partial charge in [0.2, 0.25) is 0 Å². The summed E-state index contributed by atoms with van der Waals surface area (Å²) in [5.74, 6) is 0.379. The van der Waals surface area contributed by atoms with E-state index in [0.717, 1.165) is 0 Å². The third-order valence-corrected chi connectivity index (χ3v) is 10.9. The highest BCUT2D eigenvalue weighted by Gasteiger charge is 2.20. The molecule has 0 fully saturated rings. The van der Waals surface area contributed by atoms with Gasteiger partial charge in [-0.1, -0.05) is 23.2 Å². The SMILES string of the molecule is CNS(=O)(=O)Nc1cc(Cc2c(C)c3cc(Cl)c(Oc4cc5oc(=O)c(Cc6ccnc(NS(=O)(=O)NC)c6)c(C)c5cc4Cl)cc3oc2=O)ccn1. The molecule has 0 aliphatic heterocycles. The summed E-state index contributed by atoms with van der Waals surface area (Å²) in [5.41, 5.74) is 2.22. The van der Waals surface area contributed by atoms with E-state index in [4.69, 9.17) is 36.8 Å². The largest absolute Gasteiger partial charge is 0.454 e. The molecule has 0 aliphatic rings. The highest BCUT2D eigenvalue weighted by molar-refractivity contribution is 7.91. The van der Waals surface area contributed by atoms with E-state index in [1.165, 1.54) is 50.8 Å². The molecule has 6 aromatic rings. The molecule has 0 saturated carbocycles. The van der Waals surface area contributed by atoms with Crippen LogP contribution in [0.3, 0.4) is 0 Å². The molecule has 0 bridgehead atoms. The number of ether oxygens (including phenoxy) is 1. The molecule has 0 spiro atoms. The van der Waals surface area contributed by atoms with Crippen LogP contribution in [0.1, 0.15) is 33.4 Å². The minimum Gasteiger partial charge on any atom is -0.454 e. The summed E-state index contributed by atoms with van der Waals surface area (Å²) in [6.45, 7) is 3.49. The molecular weight excluding hydrogens is 771 g/mol. The van der Waals surface area contributed by atoms with Crippen LogP contribution in [0.4, 0.5) is 11.6 Å². The average molecular weight is 802 g/mol. The zero-order chi connectivity index (χ0) is 38.2. The van der Waals surface area contributed by atoms with E-state index in [1.54, 1.807) is 38.1 Å². The van der Waals surface area contributed by atoms with Crippen molar-refractivity contribution in [3.05, 3.63) is 125 Å². The van der Waals surface area contributed by atoms with Crippen molar-refractivity contribution in [1.29, 1.82) is 0 Å². The van der Waals surface area contributed by atoms with E-state index in [0.29, 0.717) is 44.2 Å². The predicted octanol–water partition coefficient (Wildman–Crippen LogP) is 5.34. The molecule has 4 N–H and O–H groups in total. The Morgan fingerprint density at radius 3 is 1.43 bits per heavy atom. The van der Waals surface area contributed by atoms with Gasteiger partial charge in [-0.3, -0.25) is 9.44 Å². The molecule has 0 amide bonds. The standard InChI is InChI=1S/C34H30Cl2N6O9S2/c1-17-21-13-25(35)29(15-27(21)50-33(43)23(17)9-19-5-7-39-31(11-19)41-52(45,46)37-3)49-30-16-28-22(14-26(30)36)18(2)24(34(44)51-28)10-20-6-8-40-32(12-20)42-53(47,48)38-4/h5-8,11-16,37-38H,9-10H2,1-4H3,(H,39,41)(H,40,42). The lowest BCUT2D eigenvalue weighted by molar-refractivity contribution is 0.478. The zero-order valence-electron chi connectivity index (χ0n) is 28.3. The fourth-order valence-electron chi connectivity index (χ4n) is 5.53. The van der Waals surface area contributed by atoms with Gasteiger partial charge in [-0.2, -0.15) is 16.8 Å². The van der Waals surface area contributed by atoms with Gasteiger partial charge in [0.25, 0.3) is 20.4 Å². The van der Waals surface area contributed by atoms with Crippen molar-refractivity contribution in [3.63, 3.8) is 0 Å². The molecule has 0 saturated heterocycles. The van der Waals surface area contributed by atoms with E-state index < -0.39 is 31.7 Å². The van der Waals surface area contributed by atoms with Crippen molar-refractivity contribution in [1.82, 2.24) is 19.4 Å². The smallest absolute Gasteiger partial charge is 0.340 e. The van der Waals surface area contributed by atoms with E-state index in [-0.39, 0.29) is 57.2 Å². The number of anilines is 2. The van der Waals surface area contributed by atoms with E-state index in [9.17, 15) is 26.4 Å². The lowest BCUT2D eigenvalue weighted by Gasteiger charge is -2.14. The van der Waals surface area contributed by atoms with Crippen LogP contribution in [0.15, 0.2) is 79.3 Å². The summed E-state index contributed by atoms with van der Waals surface area (Å²) in [4.78, 5) is 34.4. The maximum absolute atomic E-state index is 13.2. The number of halogens is 2. The molecular formula is C34H30Cl2N6O9S2. The van der Waals surface area contributed by atoms with Crippen molar-refractivity contribution < 1.29 is 30.4 Å². The Bertz CT molecular complexity index is 2590. The van der Waals surface area contributed by atoms with Gasteiger partial charge in [0.05, 0.1) is 10.0 Å². The second-order valence-corrected chi connectivity index (χ2v) is 15.8. The number of nitrogens with zero attached hydrogens (tertiary/aromatic N) is 2. The summed E-state index contributed by atoms with van der Waals surface area (Å²) < 4.78 is 73.9. The summed E-state index contributed by atoms with van der Waals surface area (Å²) in [5, 5.41) is 1.43. The Balaban J connectivity index is 1.28. The van der Waals surface area contributed by atoms with Gasteiger partial charge >= 0.3 is 11.3 Å². The third kappa shape index (κ3) is 8.30. The maximum atomic E-state index is 13.2. The normalized spacial score (nSPS) is 12.0. The van der Waals surface area contributed by atoms with Crippen LogP contribution in [0.5, 0.6) is 11.5 Å². The monoisotopic (exact) mass is 800 g/mol. The first kappa shape index (κ1) is 37.7. The predicted molar refractivity (Wildman–Crippen MR) is 202 cm³/mol. The number of rotatable bonds is 12. The summed E-state index contributed by atoms with van der Waals surface area (Å²) in [7, 11) is -5.06. The molecule has 0 aliphatic carbocycles. The number of hydrogen-bond donors (Lipinski definition) is 4. The molecule has 0 atom stereocenters. The Labute approximate surface area is 312 Å². The van der Waals surface area contributed by atoms with E-state index in [1.807, 2.05) is 0 Å². The first-order valence-electron chi connectivity index (χ1n) is 15.6. The molecule has 53 heavy (non-hydrogen) atoms. The highest BCUT2D eigenvalue weighted by Crippen LogP contribution is 2.39. The summed E-state index contributed by atoms with van der Waals surface area (Å²) in [6, 6.07) is 12.4. The van der Waals surface area contributed by atoms with Crippen molar-refractivity contribution >= 4 is 77.2 Å². The Morgan fingerprint density at radius 1 is 0.660 bits per heavy atom. The second kappa shape index (κ2) is 14.8.